The van der Waals surface area contributed by atoms with E-state index in [4.69, 9.17) is 16.7 Å². The van der Waals surface area contributed by atoms with Crippen LogP contribution in [-0.4, -0.2) is 17.0 Å². The van der Waals surface area contributed by atoms with Crippen LogP contribution in [0.5, 0.6) is 0 Å². The molecule has 108 valence electrons. The SMILES string of the molecule is O=C(O)Cc1ccccc1CNC(=O)c1ccc(Cl)cc1. The number of benzene rings is 2. The monoisotopic (exact) mass is 303 g/mol. The summed E-state index contributed by atoms with van der Waals surface area (Å²) in [6.45, 7) is 0.283. The fourth-order valence-corrected chi connectivity index (χ4v) is 2.07. The Morgan fingerprint density at radius 3 is 2.24 bits per heavy atom. The quantitative estimate of drug-likeness (QED) is 0.892. The lowest BCUT2D eigenvalue weighted by molar-refractivity contribution is -0.136. The molecule has 1 amide bonds. The molecule has 0 bridgehead atoms. The van der Waals surface area contributed by atoms with E-state index in [9.17, 15) is 9.59 Å². The summed E-state index contributed by atoms with van der Waals surface area (Å²) in [5, 5.41) is 12.2. The Labute approximate surface area is 127 Å². The minimum atomic E-state index is -0.897. The molecule has 5 heteroatoms. The van der Waals surface area contributed by atoms with E-state index in [2.05, 4.69) is 5.32 Å². The van der Waals surface area contributed by atoms with Crippen molar-refractivity contribution in [3.63, 3.8) is 0 Å². The molecule has 0 heterocycles. The number of aliphatic carboxylic acids is 1. The first-order valence-corrected chi connectivity index (χ1v) is 6.76. The maximum absolute atomic E-state index is 12.0. The second-order valence-electron chi connectivity index (χ2n) is 4.53. The number of carbonyl (C=O) groups excluding carboxylic acids is 1. The molecule has 2 rings (SSSR count). The second-order valence-corrected chi connectivity index (χ2v) is 4.97. The van der Waals surface area contributed by atoms with Crippen molar-refractivity contribution < 1.29 is 14.7 Å². The van der Waals surface area contributed by atoms with Crippen molar-refractivity contribution in [1.82, 2.24) is 5.32 Å². The van der Waals surface area contributed by atoms with Gasteiger partial charge in [-0.2, -0.15) is 0 Å². The van der Waals surface area contributed by atoms with Gasteiger partial charge in [-0.1, -0.05) is 35.9 Å². The minimum absolute atomic E-state index is 0.0625. The molecule has 0 radical (unpaired) electrons. The summed E-state index contributed by atoms with van der Waals surface area (Å²) < 4.78 is 0. The molecule has 21 heavy (non-hydrogen) atoms. The van der Waals surface area contributed by atoms with Crippen molar-refractivity contribution in [3.05, 3.63) is 70.2 Å². The maximum Gasteiger partial charge on any atom is 0.307 e. The van der Waals surface area contributed by atoms with Gasteiger partial charge in [-0.15, -0.1) is 0 Å². The van der Waals surface area contributed by atoms with Crippen molar-refractivity contribution >= 4 is 23.5 Å². The summed E-state index contributed by atoms with van der Waals surface area (Å²) >= 11 is 5.77. The van der Waals surface area contributed by atoms with E-state index in [-0.39, 0.29) is 18.9 Å². The van der Waals surface area contributed by atoms with Gasteiger partial charge in [0.15, 0.2) is 0 Å². The summed E-state index contributed by atoms with van der Waals surface area (Å²) in [5.41, 5.74) is 2.00. The highest BCUT2D eigenvalue weighted by atomic mass is 35.5. The smallest absolute Gasteiger partial charge is 0.307 e. The van der Waals surface area contributed by atoms with Crippen LogP contribution in [0.4, 0.5) is 0 Å². The second kappa shape index (κ2) is 6.90. The molecular weight excluding hydrogens is 290 g/mol. The van der Waals surface area contributed by atoms with Gasteiger partial charge in [0.05, 0.1) is 6.42 Å². The minimum Gasteiger partial charge on any atom is -0.481 e. The van der Waals surface area contributed by atoms with E-state index >= 15 is 0 Å². The zero-order valence-corrected chi connectivity index (χ0v) is 11.9. The molecule has 4 nitrogen and oxygen atoms in total. The molecule has 0 saturated carbocycles. The third-order valence-corrected chi connectivity index (χ3v) is 3.26. The van der Waals surface area contributed by atoms with Gasteiger partial charge in [-0.25, -0.2) is 0 Å². The van der Waals surface area contributed by atoms with Crippen molar-refractivity contribution in [1.29, 1.82) is 0 Å². The Morgan fingerprint density at radius 1 is 1.00 bits per heavy atom. The molecule has 0 unspecified atom stereocenters. The van der Waals surface area contributed by atoms with Gasteiger partial charge in [0.2, 0.25) is 0 Å². The molecule has 2 aromatic carbocycles. The average Bonchev–Trinajstić information content (AvgIpc) is 2.46. The fourth-order valence-electron chi connectivity index (χ4n) is 1.94. The molecule has 2 N–H and O–H groups in total. The Bertz CT molecular complexity index is 653. The van der Waals surface area contributed by atoms with Crippen LogP contribution in [-0.2, 0) is 17.8 Å². The molecule has 0 aromatic heterocycles. The number of nitrogens with one attached hydrogen (secondary N) is 1. The van der Waals surface area contributed by atoms with E-state index < -0.39 is 5.97 Å². The van der Waals surface area contributed by atoms with Gasteiger partial charge in [0.25, 0.3) is 5.91 Å². The van der Waals surface area contributed by atoms with Crippen LogP contribution in [0.2, 0.25) is 5.02 Å². The number of carboxylic acids is 1. The largest absolute Gasteiger partial charge is 0.481 e. The average molecular weight is 304 g/mol. The number of carbonyl (C=O) groups is 2. The Morgan fingerprint density at radius 2 is 1.62 bits per heavy atom. The van der Waals surface area contributed by atoms with Crippen LogP contribution in [0.15, 0.2) is 48.5 Å². The summed E-state index contributed by atoms with van der Waals surface area (Å²) in [6, 6.07) is 13.7. The van der Waals surface area contributed by atoms with E-state index in [0.29, 0.717) is 16.1 Å². The molecule has 0 atom stereocenters. The highest BCUT2D eigenvalue weighted by Gasteiger charge is 2.09. The lowest BCUT2D eigenvalue weighted by Crippen LogP contribution is -2.23. The summed E-state index contributed by atoms with van der Waals surface area (Å²) in [5.74, 6) is -1.12. The van der Waals surface area contributed by atoms with Crippen molar-refractivity contribution in [2.24, 2.45) is 0 Å². The summed E-state index contributed by atoms with van der Waals surface area (Å²) in [7, 11) is 0. The zero-order chi connectivity index (χ0) is 15.2. The first kappa shape index (κ1) is 15.1. The molecule has 0 aliphatic rings. The van der Waals surface area contributed by atoms with Gasteiger partial charge in [-0.05, 0) is 35.4 Å². The van der Waals surface area contributed by atoms with E-state index in [1.807, 2.05) is 6.07 Å². The molecule has 0 aliphatic heterocycles. The molecule has 2 aromatic rings. The Hall–Kier alpha value is -2.33. The zero-order valence-electron chi connectivity index (χ0n) is 11.2. The van der Waals surface area contributed by atoms with Gasteiger partial charge in [-0.3, -0.25) is 9.59 Å². The van der Waals surface area contributed by atoms with Crippen molar-refractivity contribution in [2.75, 3.05) is 0 Å². The molecule has 0 saturated heterocycles. The van der Waals surface area contributed by atoms with Crippen LogP contribution in [0.3, 0.4) is 0 Å². The summed E-state index contributed by atoms with van der Waals surface area (Å²) in [6.07, 6.45) is -0.0625. The molecule has 0 spiro atoms. The molecule has 0 fully saturated rings. The number of halogens is 1. The lowest BCUT2D eigenvalue weighted by atomic mass is 10.0. The number of hydrogen-bond acceptors (Lipinski definition) is 2. The Kier molecular flexibility index (Phi) is 4.95. The van der Waals surface area contributed by atoms with Crippen LogP contribution >= 0.6 is 11.6 Å². The predicted molar refractivity (Wildman–Crippen MR) is 80.4 cm³/mol. The Balaban J connectivity index is 2.04. The van der Waals surface area contributed by atoms with E-state index in [1.54, 1.807) is 42.5 Å². The van der Waals surface area contributed by atoms with Gasteiger partial charge in [0, 0.05) is 17.1 Å². The maximum atomic E-state index is 12.0. The fraction of sp³-hybridized carbons (Fsp3) is 0.125. The standard InChI is InChI=1S/C16H14ClNO3/c17-14-7-5-11(6-8-14)16(21)18-10-13-4-2-1-3-12(13)9-15(19)20/h1-8H,9-10H2,(H,18,21)(H,19,20). The van der Waals surface area contributed by atoms with Gasteiger partial charge in [0.1, 0.15) is 0 Å². The topological polar surface area (TPSA) is 66.4 Å². The van der Waals surface area contributed by atoms with Crippen molar-refractivity contribution in [3.8, 4) is 0 Å². The number of carboxylic acid groups (broad SMARTS) is 1. The van der Waals surface area contributed by atoms with E-state index in [0.717, 1.165) is 5.56 Å². The highest BCUT2D eigenvalue weighted by Crippen LogP contribution is 2.11. The van der Waals surface area contributed by atoms with Crippen LogP contribution in [0.1, 0.15) is 21.5 Å². The van der Waals surface area contributed by atoms with Crippen LogP contribution < -0.4 is 5.32 Å². The number of rotatable bonds is 5. The first-order valence-electron chi connectivity index (χ1n) is 6.38. The highest BCUT2D eigenvalue weighted by molar-refractivity contribution is 6.30. The van der Waals surface area contributed by atoms with Crippen molar-refractivity contribution in [2.45, 2.75) is 13.0 Å². The van der Waals surface area contributed by atoms with Gasteiger partial charge < -0.3 is 10.4 Å². The van der Waals surface area contributed by atoms with Crippen LogP contribution in [0, 0.1) is 0 Å². The third-order valence-electron chi connectivity index (χ3n) is 3.01. The summed E-state index contributed by atoms with van der Waals surface area (Å²) in [4.78, 5) is 22.8. The predicted octanol–water partition coefficient (Wildman–Crippen LogP) is 2.90. The normalized spacial score (nSPS) is 10.1. The lowest BCUT2D eigenvalue weighted by Gasteiger charge is -2.09. The van der Waals surface area contributed by atoms with Crippen LogP contribution in [0.25, 0.3) is 0 Å². The third kappa shape index (κ3) is 4.33. The number of hydrogen-bond donors (Lipinski definition) is 2. The van der Waals surface area contributed by atoms with Gasteiger partial charge >= 0.3 is 5.97 Å². The van der Waals surface area contributed by atoms with E-state index in [1.165, 1.54) is 0 Å². The number of amides is 1. The molecular formula is C16H14ClNO3. The molecule has 0 aliphatic carbocycles. The first-order chi connectivity index (χ1) is 10.1.